The van der Waals surface area contributed by atoms with Crippen LogP contribution in [0.2, 0.25) is 0 Å². The zero-order valence-electron chi connectivity index (χ0n) is 20.4. The number of ether oxygens (including phenoxy) is 1. The predicted molar refractivity (Wildman–Crippen MR) is 119 cm³/mol. The molecule has 5 aliphatic carbocycles. The van der Waals surface area contributed by atoms with Crippen molar-refractivity contribution in [3.63, 3.8) is 0 Å². The molecule has 8 heteroatoms. The van der Waals surface area contributed by atoms with E-state index < -0.39 is 40.8 Å². The number of aliphatic hydroxyl groups is 1. The van der Waals surface area contributed by atoms with Gasteiger partial charge in [-0.05, 0) is 82.5 Å². The number of hydrogen-bond acceptors (Lipinski definition) is 5. The zero-order chi connectivity index (χ0) is 24.1. The number of nitrogens with one attached hydrogen (secondary N) is 1. The van der Waals surface area contributed by atoms with E-state index in [1.807, 2.05) is 0 Å². The molecule has 2 amide bonds. The zero-order valence-corrected chi connectivity index (χ0v) is 20.4. The quantitative estimate of drug-likeness (QED) is 0.592. The van der Waals surface area contributed by atoms with Crippen LogP contribution in [0.25, 0.3) is 0 Å². The lowest BCUT2D eigenvalue weighted by Crippen LogP contribution is -2.67. The molecule has 5 saturated carbocycles. The Labute approximate surface area is 195 Å². The van der Waals surface area contributed by atoms with E-state index in [0.29, 0.717) is 24.8 Å². The summed E-state index contributed by atoms with van der Waals surface area (Å²) in [5.74, 6) is -0.573. The van der Waals surface area contributed by atoms with Gasteiger partial charge < -0.3 is 25.2 Å². The van der Waals surface area contributed by atoms with Gasteiger partial charge in [-0.15, -0.1) is 0 Å². The molecular formula is C25H38N2O6. The van der Waals surface area contributed by atoms with Gasteiger partial charge in [-0.1, -0.05) is 13.8 Å². The molecule has 8 nitrogen and oxygen atoms in total. The minimum atomic E-state index is -0.985. The molecule has 1 aliphatic heterocycles. The van der Waals surface area contributed by atoms with Crippen molar-refractivity contribution in [1.82, 2.24) is 10.2 Å². The van der Waals surface area contributed by atoms with Crippen LogP contribution in [0.4, 0.5) is 4.79 Å². The number of carboxylic acid groups (broad SMARTS) is 1. The Balaban J connectivity index is 1.47. The smallest absolute Gasteiger partial charge is 0.408 e. The van der Waals surface area contributed by atoms with Gasteiger partial charge in [0.15, 0.2) is 0 Å². The molecule has 0 radical (unpaired) electrons. The fourth-order valence-corrected chi connectivity index (χ4v) is 8.49. The van der Waals surface area contributed by atoms with Crippen LogP contribution in [0.3, 0.4) is 0 Å². The van der Waals surface area contributed by atoms with Gasteiger partial charge in [0.05, 0.1) is 5.60 Å². The van der Waals surface area contributed by atoms with E-state index in [1.54, 1.807) is 20.8 Å². The lowest BCUT2D eigenvalue weighted by Gasteiger charge is -2.62. The van der Waals surface area contributed by atoms with Gasteiger partial charge in [-0.3, -0.25) is 4.79 Å². The first kappa shape index (κ1) is 22.9. The number of hydrogen-bond donors (Lipinski definition) is 3. The number of aliphatic carboxylic acids is 1. The monoisotopic (exact) mass is 462 g/mol. The summed E-state index contributed by atoms with van der Waals surface area (Å²) in [6.45, 7) is 9.83. The first-order valence-corrected chi connectivity index (χ1v) is 12.4. The van der Waals surface area contributed by atoms with E-state index in [2.05, 4.69) is 19.2 Å². The number of rotatable bonds is 4. The third kappa shape index (κ3) is 3.63. The molecule has 3 N–H and O–H groups in total. The fraction of sp³-hybridized carbons (Fsp3) is 0.880. The maximum absolute atomic E-state index is 14.1. The molecule has 6 atom stereocenters. The molecule has 1 saturated heterocycles. The SMILES string of the molecule is CC(C)(C)OC(=O)NC(C(=O)N1CC2C(C1C(=O)O)C2(C)C)C12CC3CC(CC(O)(C3)C1)C2. The first-order chi connectivity index (χ1) is 15.1. The van der Waals surface area contributed by atoms with E-state index in [0.717, 1.165) is 32.1 Å². The third-order valence-corrected chi connectivity index (χ3v) is 9.34. The summed E-state index contributed by atoms with van der Waals surface area (Å²) in [6, 6.07) is -1.77. The van der Waals surface area contributed by atoms with Crippen LogP contribution in [-0.4, -0.2) is 62.9 Å². The number of fused-ring (bicyclic) bond motifs is 1. The number of piperidine rings is 1. The highest BCUT2D eigenvalue weighted by atomic mass is 16.6. The van der Waals surface area contributed by atoms with Gasteiger partial charge in [-0.25, -0.2) is 9.59 Å². The number of carboxylic acids is 1. The van der Waals surface area contributed by atoms with Crippen molar-refractivity contribution in [1.29, 1.82) is 0 Å². The second-order valence-electron chi connectivity index (χ2n) is 13.4. The normalized spacial score (nSPS) is 43.1. The summed E-state index contributed by atoms with van der Waals surface area (Å²) in [5.41, 5.74) is -2.19. The summed E-state index contributed by atoms with van der Waals surface area (Å²) < 4.78 is 5.51. The van der Waals surface area contributed by atoms with Crippen molar-refractivity contribution < 1.29 is 29.3 Å². The Kier molecular flexibility index (Phi) is 4.77. The molecule has 6 aliphatic rings. The number of amides is 2. The Morgan fingerprint density at radius 2 is 1.70 bits per heavy atom. The molecule has 0 aromatic heterocycles. The molecule has 6 fully saturated rings. The number of carbonyl (C=O) groups is 3. The standard InChI is InChI=1S/C25H38N2O6/c1-22(2,3)33-21(31)26-18(24-7-13-6-14(8-24)10-25(32,9-13)12-24)19(28)27-11-15-16(23(15,4)5)17(27)20(29)30/h13-18,32H,6-12H2,1-5H3,(H,26,31)(H,29,30). The Morgan fingerprint density at radius 1 is 1.09 bits per heavy atom. The van der Waals surface area contributed by atoms with Gasteiger partial charge in [0.1, 0.15) is 17.7 Å². The summed E-state index contributed by atoms with van der Waals surface area (Å²) in [6.07, 6.45) is 3.88. The predicted octanol–water partition coefficient (Wildman–Crippen LogP) is 2.78. The molecule has 33 heavy (non-hydrogen) atoms. The average Bonchev–Trinajstić information content (AvgIpc) is 2.97. The van der Waals surface area contributed by atoms with Crippen molar-refractivity contribution >= 4 is 18.0 Å². The van der Waals surface area contributed by atoms with Gasteiger partial charge in [0.2, 0.25) is 5.91 Å². The highest BCUT2D eigenvalue weighted by Gasteiger charge is 2.71. The molecule has 0 aromatic rings. The third-order valence-electron chi connectivity index (χ3n) is 9.34. The van der Waals surface area contributed by atoms with Crippen molar-refractivity contribution in [2.45, 2.75) is 96.4 Å². The van der Waals surface area contributed by atoms with Gasteiger partial charge in [0.25, 0.3) is 0 Å². The Morgan fingerprint density at radius 3 is 2.21 bits per heavy atom. The molecule has 4 bridgehead atoms. The summed E-state index contributed by atoms with van der Waals surface area (Å²) in [5, 5.41) is 24.2. The average molecular weight is 463 g/mol. The fourth-order valence-electron chi connectivity index (χ4n) is 8.49. The van der Waals surface area contributed by atoms with Crippen LogP contribution < -0.4 is 5.32 Å². The maximum atomic E-state index is 14.1. The number of nitrogens with zero attached hydrogens (tertiary/aromatic N) is 1. The van der Waals surface area contributed by atoms with Crippen molar-refractivity contribution in [3.8, 4) is 0 Å². The van der Waals surface area contributed by atoms with Crippen LogP contribution >= 0.6 is 0 Å². The second-order valence-corrected chi connectivity index (χ2v) is 13.4. The first-order valence-electron chi connectivity index (χ1n) is 12.4. The van der Waals surface area contributed by atoms with Gasteiger partial charge >= 0.3 is 12.1 Å². The van der Waals surface area contributed by atoms with Gasteiger partial charge in [0, 0.05) is 17.9 Å². The van der Waals surface area contributed by atoms with Gasteiger partial charge in [-0.2, -0.15) is 0 Å². The van der Waals surface area contributed by atoms with E-state index in [9.17, 15) is 24.6 Å². The lowest BCUT2D eigenvalue weighted by atomic mass is 9.46. The highest BCUT2D eigenvalue weighted by molar-refractivity contribution is 5.91. The molecule has 1 heterocycles. The summed E-state index contributed by atoms with van der Waals surface area (Å²) in [4.78, 5) is 40.7. The van der Waals surface area contributed by atoms with Crippen LogP contribution in [0.15, 0.2) is 0 Å². The van der Waals surface area contributed by atoms with Crippen LogP contribution in [0.1, 0.15) is 73.1 Å². The Bertz CT molecular complexity index is 878. The second kappa shape index (κ2) is 6.86. The molecule has 6 unspecified atom stereocenters. The number of alkyl carbamates (subject to hydrolysis) is 1. The molecule has 0 spiro atoms. The topological polar surface area (TPSA) is 116 Å². The molecular weight excluding hydrogens is 424 g/mol. The minimum absolute atomic E-state index is 0.0679. The number of likely N-dealkylation sites (tertiary alicyclic amines) is 1. The maximum Gasteiger partial charge on any atom is 0.408 e. The largest absolute Gasteiger partial charge is 0.480 e. The van der Waals surface area contributed by atoms with Crippen molar-refractivity contribution in [2.75, 3.05) is 6.54 Å². The number of carbonyl (C=O) groups excluding carboxylic acids is 2. The van der Waals surface area contributed by atoms with E-state index in [1.165, 1.54) is 4.90 Å². The van der Waals surface area contributed by atoms with E-state index in [-0.39, 0.29) is 23.2 Å². The van der Waals surface area contributed by atoms with Crippen LogP contribution in [0, 0.1) is 34.5 Å². The molecule has 0 aromatic carbocycles. The minimum Gasteiger partial charge on any atom is -0.480 e. The van der Waals surface area contributed by atoms with Crippen molar-refractivity contribution in [2.24, 2.45) is 34.5 Å². The Hall–Kier alpha value is -1.83. The lowest BCUT2D eigenvalue weighted by molar-refractivity contribution is -0.181. The molecule has 6 rings (SSSR count). The highest BCUT2D eigenvalue weighted by Crippen LogP contribution is 2.66. The summed E-state index contributed by atoms with van der Waals surface area (Å²) >= 11 is 0. The van der Waals surface area contributed by atoms with E-state index in [4.69, 9.17) is 4.74 Å². The van der Waals surface area contributed by atoms with Crippen LogP contribution in [-0.2, 0) is 14.3 Å². The summed E-state index contributed by atoms with van der Waals surface area (Å²) in [7, 11) is 0. The van der Waals surface area contributed by atoms with Crippen LogP contribution in [0.5, 0.6) is 0 Å². The molecule has 184 valence electrons. The van der Waals surface area contributed by atoms with Crippen molar-refractivity contribution in [3.05, 3.63) is 0 Å². The van der Waals surface area contributed by atoms with E-state index >= 15 is 0 Å².